The van der Waals surface area contributed by atoms with Crippen LogP contribution in [0.3, 0.4) is 0 Å². The number of nitrogens with zero attached hydrogens (tertiary/aromatic N) is 1. The molecule has 122 valence electrons. The highest BCUT2D eigenvalue weighted by Crippen LogP contribution is 2.11. The topological polar surface area (TPSA) is 46.3 Å². The van der Waals surface area contributed by atoms with E-state index in [1.807, 2.05) is 42.2 Å². The Morgan fingerprint density at radius 3 is 2.43 bits per heavy atom. The van der Waals surface area contributed by atoms with Crippen molar-refractivity contribution in [1.82, 2.24) is 4.90 Å². The van der Waals surface area contributed by atoms with E-state index in [9.17, 15) is 9.18 Å². The van der Waals surface area contributed by atoms with Crippen LogP contribution in [-0.2, 0) is 13.0 Å². The number of halogens is 1. The average molecular weight is 314 g/mol. The molecule has 0 radical (unpaired) electrons. The third-order valence-corrected chi connectivity index (χ3v) is 3.78. The van der Waals surface area contributed by atoms with Gasteiger partial charge in [0.2, 0.25) is 0 Å². The van der Waals surface area contributed by atoms with Crippen LogP contribution in [0.4, 0.5) is 4.39 Å². The van der Waals surface area contributed by atoms with Crippen LogP contribution in [0.15, 0.2) is 48.5 Å². The smallest absolute Gasteiger partial charge is 0.253 e. The Balaban J connectivity index is 2.05. The van der Waals surface area contributed by atoms with Gasteiger partial charge in [0.25, 0.3) is 5.91 Å². The van der Waals surface area contributed by atoms with Crippen LogP contribution in [0.1, 0.15) is 34.8 Å². The third-order valence-electron chi connectivity index (χ3n) is 3.78. The minimum absolute atomic E-state index is 0.00632. The van der Waals surface area contributed by atoms with Crippen molar-refractivity contribution in [2.75, 3.05) is 13.1 Å². The highest BCUT2D eigenvalue weighted by molar-refractivity contribution is 5.94. The first-order valence-electron chi connectivity index (χ1n) is 7.96. The predicted molar refractivity (Wildman–Crippen MR) is 90.6 cm³/mol. The average Bonchev–Trinajstić information content (AvgIpc) is 2.58. The number of carbonyl (C=O) groups excluding carboxylic acids is 1. The lowest BCUT2D eigenvalue weighted by Gasteiger charge is -2.22. The summed E-state index contributed by atoms with van der Waals surface area (Å²) in [5.74, 6) is -0.236. The second-order valence-corrected chi connectivity index (χ2v) is 5.57. The van der Waals surface area contributed by atoms with Crippen molar-refractivity contribution < 1.29 is 9.18 Å². The fraction of sp³-hybridized carbons (Fsp3) is 0.316. The van der Waals surface area contributed by atoms with Crippen molar-refractivity contribution in [2.24, 2.45) is 5.73 Å². The van der Waals surface area contributed by atoms with Gasteiger partial charge in [-0.15, -0.1) is 0 Å². The van der Waals surface area contributed by atoms with Crippen LogP contribution in [0.5, 0.6) is 0 Å². The van der Waals surface area contributed by atoms with Gasteiger partial charge in [0.1, 0.15) is 5.82 Å². The number of nitrogens with two attached hydrogens (primary N) is 1. The zero-order chi connectivity index (χ0) is 16.7. The molecular formula is C19H23FN2O. The van der Waals surface area contributed by atoms with Gasteiger partial charge < -0.3 is 10.6 Å². The standard InChI is InChI=1S/C19H23FN2O/c1-2-11-22(12-10-15-4-3-5-18(20)13-15)19(23)17-8-6-16(14-21)7-9-17/h3-9,13H,2,10-12,14,21H2,1H3. The summed E-state index contributed by atoms with van der Waals surface area (Å²) < 4.78 is 13.2. The van der Waals surface area contributed by atoms with Gasteiger partial charge in [-0.2, -0.15) is 0 Å². The number of hydrogen-bond donors (Lipinski definition) is 1. The van der Waals surface area contributed by atoms with E-state index < -0.39 is 0 Å². The van der Waals surface area contributed by atoms with Crippen molar-refractivity contribution >= 4 is 5.91 Å². The second-order valence-electron chi connectivity index (χ2n) is 5.57. The van der Waals surface area contributed by atoms with Gasteiger partial charge in [-0.05, 0) is 48.2 Å². The summed E-state index contributed by atoms with van der Waals surface area (Å²) in [6.07, 6.45) is 1.53. The summed E-state index contributed by atoms with van der Waals surface area (Å²) in [4.78, 5) is 14.5. The molecule has 0 aliphatic carbocycles. The molecule has 0 fully saturated rings. The molecule has 0 bridgehead atoms. The summed E-state index contributed by atoms with van der Waals surface area (Å²) in [5, 5.41) is 0. The monoisotopic (exact) mass is 314 g/mol. The number of benzene rings is 2. The molecule has 0 heterocycles. The zero-order valence-electron chi connectivity index (χ0n) is 13.5. The second kappa shape index (κ2) is 8.44. The Morgan fingerprint density at radius 2 is 1.83 bits per heavy atom. The Bertz CT molecular complexity index is 640. The first-order chi connectivity index (χ1) is 11.1. The molecular weight excluding hydrogens is 291 g/mol. The van der Waals surface area contributed by atoms with Gasteiger partial charge >= 0.3 is 0 Å². The molecule has 3 nitrogen and oxygen atoms in total. The Hall–Kier alpha value is -2.20. The highest BCUT2D eigenvalue weighted by Gasteiger charge is 2.15. The molecule has 0 saturated heterocycles. The lowest BCUT2D eigenvalue weighted by molar-refractivity contribution is 0.0757. The van der Waals surface area contributed by atoms with Gasteiger partial charge in [0.05, 0.1) is 0 Å². The van der Waals surface area contributed by atoms with E-state index in [0.717, 1.165) is 17.5 Å². The molecule has 23 heavy (non-hydrogen) atoms. The maximum absolute atomic E-state index is 13.2. The van der Waals surface area contributed by atoms with E-state index in [1.165, 1.54) is 12.1 Å². The lowest BCUT2D eigenvalue weighted by atomic mass is 10.1. The van der Waals surface area contributed by atoms with Crippen LogP contribution in [-0.4, -0.2) is 23.9 Å². The van der Waals surface area contributed by atoms with Crippen molar-refractivity contribution in [3.8, 4) is 0 Å². The van der Waals surface area contributed by atoms with Crippen molar-refractivity contribution in [3.05, 3.63) is 71.0 Å². The molecule has 0 aliphatic rings. The van der Waals surface area contributed by atoms with E-state index in [4.69, 9.17) is 5.73 Å². The Kier molecular flexibility index (Phi) is 6.29. The molecule has 0 saturated carbocycles. The molecule has 2 aromatic rings. The quantitative estimate of drug-likeness (QED) is 0.851. The van der Waals surface area contributed by atoms with Gasteiger partial charge in [0.15, 0.2) is 0 Å². The first-order valence-corrected chi connectivity index (χ1v) is 7.96. The molecule has 0 unspecified atom stereocenters. The fourth-order valence-electron chi connectivity index (χ4n) is 2.51. The van der Waals surface area contributed by atoms with Crippen LogP contribution in [0.25, 0.3) is 0 Å². The van der Waals surface area contributed by atoms with Crippen molar-refractivity contribution in [3.63, 3.8) is 0 Å². The van der Waals surface area contributed by atoms with E-state index in [1.54, 1.807) is 6.07 Å². The normalized spacial score (nSPS) is 10.6. The number of hydrogen-bond acceptors (Lipinski definition) is 2. The molecule has 1 amide bonds. The summed E-state index contributed by atoms with van der Waals surface area (Å²) in [6, 6.07) is 13.9. The van der Waals surface area contributed by atoms with Crippen molar-refractivity contribution in [1.29, 1.82) is 0 Å². The zero-order valence-corrected chi connectivity index (χ0v) is 13.5. The third kappa shape index (κ3) is 4.89. The molecule has 0 atom stereocenters. The molecule has 2 N–H and O–H groups in total. The van der Waals surface area contributed by atoms with Crippen LogP contribution >= 0.6 is 0 Å². The van der Waals surface area contributed by atoms with E-state index >= 15 is 0 Å². The van der Waals surface area contributed by atoms with E-state index in [-0.39, 0.29) is 11.7 Å². The molecule has 2 aromatic carbocycles. The van der Waals surface area contributed by atoms with Gasteiger partial charge in [-0.3, -0.25) is 4.79 Å². The minimum atomic E-state index is -0.242. The Labute approximate surface area is 136 Å². The summed E-state index contributed by atoms with van der Waals surface area (Å²) in [7, 11) is 0. The summed E-state index contributed by atoms with van der Waals surface area (Å²) in [5.41, 5.74) is 8.15. The van der Waals surface area contributed by atoms with Crippen LogP contribution < -0.4 is 5.73 Å². The summed E-state index contributed by atoms with van der Waals surface area (Å²) >= 11 is 0. The largest absolute Gasteiger partial charge is 0.338 e. The highest BCUT2D eigenvalue weighted by atomic mass is 19.1. The molecule has 0 spiro atoms. The first kappa shape index (κ1) is 17.2. The lowest BCUT2D eigenvalue weighted by Crippen LogP contribution is -2.33. The van der Waals surface area contributed by atoms with Crippen LogP contribution in [0.2, 0.25) is 0 Å². The number of carbonyl (C=O) groups is 1. The maximum Gasteiger partial charge on any atom is 0.253 e. The van der Waals surface area contributed by atoms with Crippen molar-refractivity contribution in [2.45, 2.75) is 26.3 Å². The number of amides is 1. The molecule has 2 rings (SSSR count). The van der Waals surface area contributed by atoms with Gasteiger partial charge in [-0.1, -0.05) is 31.2 Å². The number of rotatable bonds is 7. The van der Waals surface area contributed by atoms with Gasteiger partial charge in [-0.25, -0.2) is 4.39 Å². The van der Waals surface area contributed by atoms with Crippen LogP contribution in [0, 0.1) is 5.82 Å². The molecule has 0 aromatic heterocycles. The van der Waals surface area contributed by atoms with E-state index in [2.05, 4.69) is 0 Å². The maximum atomic E-state index is 13.2. The SMILES string of the molecule is CCCN(CCc1cccc(F)c1)C(=O)c1ccc(CN)cc1. The minimum Gasteiger partial charge on any atom is -0.338 e. The molecule has 4 heteroatoms. The van der Waals surface area contributed by atoms with Gasteiger partial charge in [0, 0.05) is 25.2 Å². The summed E-state index contributed by atoms with van der Waals surface area (Å²) in [6.45, 7) is 3.77. The fourth-order valence-corrected chi connectivity index (χ4v) is 2.51. The Morgan fingerprint density at radius 1 is 1.09 bits per heavy atom. The molecule has 0 aliphatic heterocycles. The van der Waals surface area contributed by atoms with E-state index in [0.29, 0.717) is 31.6 Å². The predicted octanol–water partition coefficient (Wildman–Crippen LogP) is 3.38.